The lowest BCUT2D eigenvalue weighted by atomic mass is 10.1. The molecule has 1 unspecified atom stereocenters. The van der Waals surface area contributed by atoms with Crippen molar-refractivity contribution in [3.8, 4) is 11.4 Å². The van der Waals surface area contributed by atoms with E-state index in [0.29, 0.717) is 24.7 Å². The maximum Gasteiger partial charge on any atom is 0.319 e. The number of amides is 2. The van der Waals surface area contributed by atoms with E-state index in [1.165, 1.54) is 5.56 Å². The lowest BCUT2D eigenvalue weighted by Gasteiger charge is -2.36. The molecule has 160 valence electrons. The number of ether oxygens (including phenoxy) is 1. The zero-order valence-corrected chi connectivity index (χ0v) is 17.1. The van der Waals surface area contributed by atoms with Gasteiger partial charge in [0.05, 0.1) is 31.6 Å². The predicted octanol–water partition coefficient (Wildman–Crippen LogP) is 1.13. The average molecular weight is 412 g/mol. The molecule has 1 fully saturated rings. The van der Waals surface area contributed by atoms with E-state index in [4.69, 9.17) is 19.8 Å². The summed E-state index contributed by atoms with van der Waals surface area (Å²) < 4.78 is 5.61. The number of fused-ring (bicyclic) bond motifs is 1. The number of urea groups is 1. The molecule has 0 saturated carbocycles. The summed E-state index contributed by atoms with van der Waals surface area (Å²) in [7, 11) is 0. The van der Waals surface area contributed by atoms with Crippen LogP contribution in [0.2, 0.25) is 0 Å². The van der Waals surface area contributed by atoms with Crippen LogP contribution in [0.3, 0.4) is 0 Å². The largest absolute Gasteiger partial charge is 0.395 e. The van der Waals surface area contributed by atoms with Crippen LogP contribution in [0.4, 0.5) is 16.3 Å². The molecular weight excluding hydrogens is 384 g/mol. The molecular formula is C21H28N6O3. The number of nitrogens with one attached hydrogen (secondary N) is 3. The van der Waals surface area contributed by atoms with Crippen LogP contribution in [-0.2, 0) is 17.7 Å². The highest BCUT2D eigenvalue weighted by molar-refractivity contribution is 5.89. The first-order valence-electron chi connectivity index (χ1n) is 10.4. The number of hydrogen-bond donors (Lipinski definition) is 4. The Morgan fingerprint density at radius 3 is 2.93 bits per heavy atom. The second-order valence-corrected chi connectivity index (χ2v) is 7.52. The zero-order chi connectivity index (χ0) is 20.9. The lowest BCUT2D eigenvalue weighted by Crippen LogP contribution is -2.45. The summed E-state index contributed by atoms with van der Waals surface area (Å²) in [6.07, 6.45) is 0.876. The molecule has 9 heteroatoms. The van der Waals surface area contributed by atoms with Crippen LogP contribution in [0.15, 0.2) is 24.3 Å². The Labute approximate surface area is 175 Å². The summed E-state index contributed by atoms with van der Waals surface area (Å²) in [6, 6.07) is 7.40. The molecule has 0 aliphatic carbocycles. The normalized spacial score (nSPS) is 18.6. The molecule has 4 rings (SSSR count). The van der Waals surface area contributed by atoms with Gasteiger partial charge in [0.1, 0.15) is 5.82 Å². The number of morpholine rings is 1. The van der Waals surface area contributed by atoms with Crippen molar-refractivity contribution in [2.24, 2.45) is 0 Å². The Morgan fingerprint density at radius 1 is 1.33 bits per heavy atom. The van der Waals surface area contributed by atoms with Crippen molar-refractivity contribution in [1.29, 1.82) is 0 Å². The van der Waals surface area contributed by atoms with Crippen molar-refractivity contribution in [2.45, 2.75) is 25.9 Å². The Morgan fingerprint density at radius 2 is 2.17 bits per heavy atom. The van der Waals surface area contributed by atoms with Crippen LogP contribution in [-0.4, -0.2) is 66.6 Å². The number of benzene rings is 1. The van der Waals surface area contributed by atoms with E-state index in [1.54, 1.807) is 0 Å². The summed E-state index contributed by atoms with van der Waals surface area (Å²) in [5.41, 5.74) is 3.84. The van der Waals surface area contributed by atoms with Gasteiger partial charge in [0.25, 0.3) is 0 Å². The number of rotatable bonds is 5. The quantitative estimate of drug-likeness (QED) is 0.582. The molecule has 2 aromatic rings. The van der Waals surface area contributed by atoms with E-state index < -0.39 is 0 Å². The van der Waals surface area contributed by atoms with Gasteiger partial charge in [-0.25, -0.2) is 14.8 Å². The standard InChI is InChI=1S/C21H28N6O3/c1-14-13-30-11-9-27(14)20-17-12-22-7-6-18(17)25-19(26-20)15-2-4-16(5-3-15)24-21(29)23-8-10-28/h2-5,14,22,28H,6-13H2,1H3,(H2,23,24,29). The molecule has 1 aromatic carbocycles. The highest BCUT2D eigenvalue weighted by atomic mass is 16.5. The topological polar surface area (TPSA) is 112 Å². The van der Waals surface area contributed by atoms with E-state index in [1.807, 2.05) is 24.3 Å². The first-order valence-corrected chi connectivity index (χ1v) is 10.4. The maximum absolute atomic E-state index is 11.8. The Kier molecular flexibility index (Phi) is 6.41. The SMILES string of the molecule is CC1COCCN1c1nc(-c2ccc(NC(=O)NCCO)cc2)nc2c1CNCC2. The fourth-order valence-corrected chi connectivity index (χ4v) is 3.78. The number of carbonyl (C=O) groups excluding carboxylic acids is 1. The van der Waals surface area contributed by atoms with E-state index in [0.717, 1.165) is 43.1 Å². The monoisotopic (exact) mass is 412 g/mol. The van der Waals surface area contributed by atoms with Gasteiger partial charge in [-0.15, -0.1) is 0 Å². The molecule has 1 saturated heterocycles. The summed E-state index contributed by atoms with van der Waals surface area (Å²) in [4.78, 5) is 23.9. The van der Waals surface area contributed by atoms with Gasteiger partial charge in [-0.3, -0.25) is 0 Å². The molecule has 9 nitrogen and oxygen atoms in total. The summed E-state index contributed by atoms with van der Waals surface area (Å²) >= 11 is 0. The molecule has 1 aromatic heterocycles. The molecule has 4 N–H and O–H groups in total. The second-order valence-electron chi connectivity index (χ2n) is 7.52. The Hall–Kier alpha value is -2.75. The summed E-state index contributed by atoms with van der Waals surface area (Å²) in [6.45, 7) is 6.17. The van der Waals surface area contributed by atoms with Crippen molar-refractivity contribution >= 4 is 17.5 Å². The van der Waals surface area contributed by atoms with Gasteiger partial charge < -0.3 is 30.7 Å². The Bertz CT molecular complexity index is 889. The van der Waals surface area contributed by atoms with Crippen molar-refractivity contribution < 1.29 is 14.6 Å². The fraction of sp³-hybridized carbons (Fsp3) is 0.476. The molecule has 2 aliphatic heterocycles. The van der Waals surface area contributed by atoms with Crippen LogP contribution in [0.5, 0.6) is 0 Å². The minimum absolute atomic E-state index is 0.0956. The van der Waals surface area contributed by atoms with Crippen LogP contribution in [0.25, 0.3) is 11.4 Å². The van der Waals surface area contributed by atoms with E-state index in [2.05, 4.69) is 27.8 Å². The van der Waals surface area contributed by atoms with Crippen LogP contribution < -0.4 is 20.9 Å². The van der Waals surface area contributed by atoms with Crippen LogP contribution >= 0.6 is 0 Å². The molecule has 0 bridgehead atoms. The fourth-order valence-electron chi connectivity index (χ4n) is 3.78. The third-order valence-corrected chi connectivity index (χ3v) is 5.35. The highest BCUT2D eigenvalue weighted by Crippen LogP contribution is 2.29. The smallest absolute Gasteiger partial charge is 0.319 e. The maximum atomic E-state index is 11.8. The highest BCUT2D eigenvalue weighted by Gasteiger charge is 2.27. The van der Waals surface area contributed by atoms with Gasteiger partial charge >= 0.3 is 6.03 Å². The van der Waals surface area contributed by atoms with Gasteiger partial charge in [0, 0.05) is 49.4 Å². The van der Waals surface area contributed by atoms with Crippen LogP contribution in [0, 0.1) is 0 Å². The summed E-state index contributed by atoms with van der Waals surface area (Å²) in [5, 5.41) is 17.5. The molecule has 2 aliphatic rings. The third-order valence-electron chi connectivity index (χ3n) is 5.35. The number of aliphatic hydroxyl groups excluding tert-OH is 1. The van der Waals surface area contributed by atoms with E-state index in [9.17, 15) is 4.79 Å². The molecule has 3 heterocycles. The number of hydrogen-bond acceptors (Lipinski definition) is 7. The zero-order valence-electron chi connectivity index (χ0n) is 17.1. The third kappa shape index (κ3) is 4.53. The summed E-state index contributed by atoms with van der Waals surface area (Å²) in [5.74, 6) is 1.68. The van der Waals surface area contributed by atoms with Gasteiger partial charge in [0.15, 0.2) is 5.82 Å². The van der Waals surface area contributed by atoms with Gasteiger partial charge in [0.2, 0.25) is 0 Å². The lowest BCUT2D eigenvalue weighted by molar-refractivity contribution is 0.0984. The van der Waals surface area contributed by atoms with E-state index >= 15 is 0 Å². The van der Waals surface area contributed by atoms with Gasteiger partial charge in [-0.1, -0.05) is 0 Å². The molecule has 1 atom stereocenters. The molecule has 0 radical (unpaired) electrons. The van der Waals surface area contributed by atoms with Crippen molar-refractivity contribution in [3.63, 3.8) is 0 Å². The van der Waals surface area contributed by atoms with E-state index in [-0.39, 0.29) is 25.2 Å². The number of anilines is 2. The average Bonchev–Trinajstić information content (AvgIpc) is 2.78. The number of aromatic nitrogens is 2. The van der Waals surface area contributed by atoms with Gasteiger partial charge in [-0.05, 0) is 31.2 Å². The molecule has 30 heavy (non-hydrogen) atoms. The van der Waals surface area contributed by atoms with Crippen molar-refractivity contribution in [3.05, 3.63) is 35.5 Å². The minimum atomic E-state index is -0.349. The first kappa shape index (κ1) is 20.5. The van der Waals surface area contributed by atoms with Crippen molar-refractivity contribution in [1.82, 2.24) is 20.6 Å². The number of nitrogens with zero attached hydrogens (tertiary/aromatic N) is 3. The van der Waals surface area contributed by atoms with Crippen molar-refractivity contribution in [2.75, 3.05) is 49.7 Å². The molecule has 0 spiro atoms. The minimum Gasteiger partial charge on any atom is -0.395 e. The van der Waals surface area contributed by atoms with Gasteiger partial charge in [-0.2, -0.15) is 0 Å². The predicted molar refractivity (Wildman–Crippen MR) is 115 cm³/mol. The first-order chi connectivity index (χ1) is 14.7. The Balaban J connectivity index is 1.61. The second kappa shape index (κ2) is 9.38. The number of aliphatic hydroxyl groups is 1. The number of carbonyl (C=O) groups is 1. The van der Waals surface area contributed by atoms with Crippen LogP contribution in [0.1, 0.15) is 18.2 Å². The molecule has 2 amide bonds.